The van der Waals surface area contributed by atoms with Gasteiger partial charge in [-0.2, -0.15) is 0 Å². The Bertz CT molecular complexity index is 990. The van der Waals surface area contributed by atoms with Crippen LogP contribution in [0.25, 0.3) is 10.8 Å². The standard InChI is InChI=1S/C19H17FN4O2/c1-25-6-7-26-19-16-3-2-15(9-12(16)4-5-21-19)24-18-17-13(10-23-18)8-14(20)11-22-17/h2-5,8-9,11H,6-7,10H2,1H3,(H,23,24). The number of fused-ring (bicyclic) bond motifs is 2. The maximum absolute atomic E-state index is 13.3. The fourth-order valence-corrected chi connectivity index (χ4v) is 2.85. The van der Waals surface area contributed by atoms with E-state index in [-0.39, 0.29) is 5.82 Å². The van der Waals surface area contributed by atoms with E-state index in [0.717, 1.165) is 22.0 Å². The van der Waals surface area contributed by atoms with Crippen LogP contribution in [0.3, 0.4) is 0 Å². The number of amidine groups is 1. The molecular formula is C19H17FN4O2. The number of anilines is 1. The smallest absolute Gasteiger partial charge is 0.221 e. The summed E-state index contributed by atoms with van der Waals surface area (Å²) in [5.74, 6) is 0.871. The predicted octanol–water partition coefficient (Wildman–Crippen LogP) is 3.17. The summed E-state index contributed by atoms with van der Waals surface area (Å²) < 4.78 is 23.9. The zero-order valence-corrected chi connectivity index (χ0v) is 14.2. The normalized spacial score (nSPS) is 12.8. The molecule has 1 aromatic carbocycles. The van der Waals surface area contributed by atoms with E-state index in [2.05, 4.69) is 20.3 Å². The third-order valence-corrected chi connectivity index (χ3v) is 4.08. The van der Waals surface area contributed by atoms with Crippen LogP contribution in [0.15, 0.2) is 47.7 Å². The van der Waals surface area contributed by atoms with Crippen molar-refractivity contribution in [3.63, 3.8) is 0 Å². The Labute approximate surface area is 149 Å². The number of hydrogen-bond acceptors (Lipinski definition) is 6. The number of halogens is 1. The van der Waals surface area contributed by atoms with Crippen LogP contribution in [0, 0.1) is 5.82 Å². The van der Waals surface area contributed by atoms with Crippen molar-refractivity contribution in [2.24, 2.45) is 4.99 Å². The van der Waals surface area contributed by atoms with Crippen LogP contribution in [0.1, 0.15) is 11.3 Å². The van der Waals surface area contributed by atoms with Gasteiger partial charge in [0, 0.05) is 29.9 Å². The van der Waals surface area contributed by atoms with E-state index in [1.165, 1.54) is 12.3 Å². The van der Waals surface area contributed by atoms with Gasteiger partial charge in [-0.25, -0.2) is 14.4 Å². The first kappa shape index (κ1) is 16.4. The van der Waals surface area contributed by atoms with E-state index in [1.807, 2.05) is 24.3 Å². The molecule has 0 saturated carbocycles. The van der Waals surface area contributed by atoms with Crippen molar-refractivity contribution >= 4 is 22.3 Å². The number of nitrogens with zero attached hydrogens (tertiary/aromatic N) is 3. The lowest BCUT2D eigenvalue weighted by atomic mass is 10.1. The van der Waals surface area contributed by atoms with Gasteiger partial charge >= 0.3 is 0 Å². The summed E-state index contributed by atoms with van der Waals surface area (Å²) in [4.78, 5) is 12.8. The lowest BCUT2D eigenvalue weighted by Gasteiger charge is -2.10. The van der Waals surface area contributed by atoms with Crippen molar-refractivity contribution < 1.29 is 13.9 Å². The summed E-state index contributed by atoms with van der Waals surface area (Å²) in [6, 6.07) is 9.25. The molecule has 0 atom stereocenters. The van der Waals surface area contributed by atoms with Crippen LogP contribution in [0.4, 0.5) is 10.1 Å². The minimum atomic E-state index is -0.348. The SMILES string of the molecule is COCCOc1nccc2cc(NC3=NCc4cc(F)cnc43)ccc12. The summed E-state index contributed by atoms with van der Waals surface area (Å²) in [6.07, 6.45) is 2.91. The summed E-state index contributed by atoms with van der Waals surface area (Å²) in [7, 11) is 1.63. The van der Waals surface area contributed by atoms with Crippen LogP contribution >= 0.6 is 0 Å². The number of pyridine rings is 2. The monoisotopic (exact) mass is 352 g/mol. The Morgan fingerprint density at radius 3 is 2.96 bits per heavy atom. The van der Waals surface area contributed by atoms with Crippen molar-refractivity contribution in [2.45, 2.75) is 6.54 Å². The van der Waals surface area contributed by atoms with Crippen LogP contribution in [0.5, 0.6) is 5.88 Å². The summed E-state index contributed by atoms with van der Waals surface area (Å²) in [5, 5.41) is 5.17. The topological polar surface area (TPSA) is 68.6 Å². The third-order valence-electron chi connectivity index (χ3n) is 4.08. The van der Waals surface area contributed by atoms with Crippen molar-refractivity contribution in [1.29, 1.82) is 0 Å². The molecule has 3 heterocycles. The second-order valence-corrected chi connectivity index (χ2v) is 5.84. The highest BCUT2D eigenvalue weighted by Crippen LogP contribution is 2.27. The van der Waals surface area contributed by atoms with Gasteiger partial charge in [-0.15, -0.1) is 0 Å². The van der Waals surface area contributed by atoms with Gasteiger partial charge in [0.25, 0.3) is 0 Å². The number of rotatable bonds is 5. The highest BCUT2D eigenvalue weighted by Gasteiger charge is 2.18. The molecule has 1 N–H and O–H groups in total. The summed E-state index contributed by atoms with van der Waals surface area (Å²) in [5.41, 5.74) is 2.33. The average molecular weight is 352 g/mol. The molecule has 26 heavy (non-hydrogen) atoms. The van der Waals surface area contributed by atoms with Crippen molar-refractivity contribution in [2.75, 3.05) is 25.6 Å². The summed E-state index contributed by atoms with van der Waals surface area (Å²) in [6.45, 7) is 1.38. The van der Waals surface area contributed by atoms with E-state index in [1.54, 1.807) is 13.3 Å². The second-order valence-electron chi connectivity index (χ2n) is 5.84. The Morgan fingerprint density at radius 2 is 2.08 bits per heavy atom. The molecule has 0 radical (unpaired) electrons. The Morgan fingerprint density at radius 1 is 1.15 bits per heavy atom. The minimum Gasteiger partial charge on any atom is -0.475 e. The molecular weight excluding hydrogens is 335 g/mol. The molecule has 7 heteroatoms. The number of aliphatic imine (C=N–C) groups is 1. The number of hydrogen-bond donors (Lipinski definition) is 1. The lowest BCUT2D eigenvalue weighted by molar-refractivity contribution is 0.144. The van der Waals surface area contributed by atoms with E-state index < -0.39 is 0 Å². The van der Waals surface area contributed by atoms with Crippen molar-refractivity contribution in [3.8, 4) is 5.88 Å². The van der Waals surface area contributed by atoms with Crippen LogP contribution in [-0.4, -0.2) is 36.1 Å². The molecule has 6 nitrogen and oxygen atoms in total. The zero-order chi connectivity index (χ0) is 17.9. The molecule has 2 aromatic heterocycles. The Kier molecular flexibility index (Phi) is 4.45. The van der Waals surface area contributed by atoms with Gasteiger partial charge in [-0.3, -0.25) is 4.99 Å². The molecule has 0 fully saturated rings. The molecule has 0 saturated heterocycles. The van der Waals surface area contributed by atoms with E-state index in [0.29, 0.717) is 37.2 Å². The molecule has 0 aliphatic carbocycles. The largest absolute Gasteiger partial charge is 0.475 e. The third kappa shape index (κ3) is 3.21. The molecule has 0 bridgehead atoms. The Hall–Kier alpha value is -3.06. The van der Waals surface area contributed by atoms with Gasteiger partial charge in [0.1, 0.15) is 18.1 Å². The Balaban J connectivity index is 1.57. The second kappa shape index (κ2) is 7.05. The zero-order valence-electron chi connectivity index (χ0n) is 14.2. The molecule has 3 aromatic rings. The van der Waals surface area contributed by atoms with Gasteiger partial charge in [0.15, 0.2) is 5.84 Å². The fourth-order valence-electron chi connectivity index (χ4n) is 2.85. The van der Waals surface area contributed by atoms with Gasteiger partial charge in [-0.1, -0.05) is 0 Å². The molecule has 4 rings (SSSR count). The molecule has 1 aliphatic heterocycles. The van der Waals surface area contributed by atoms with Crippen molar-refractivity contribution in [3.05, 3.63) is 59.8 Å². The van der Waals surface area contributed by atoms with E-state index in [4.69, 9.17) is 9.47 Å². The van der Waals surface area contributed by atoms with Crippen LogP contribution < -0.4 is 10.1 Å². The maximum atomic E-state index is 13.3. The highest BCUT2D eigenvalue weighted by atomic mass is 19.1. The molecule has 0 amide bonds. The average Bonchev–Trinajstić information content (AvgIpc) is 3.03. The molecule has 1 aliphatic rings. The molecule has 0 spiro atoms. The molecule has 132 valence electrons. The predicted molar refractivity (Wildman–Crippen MR) is 97.2 cm³/mol. The first-order valence-corrected chi connectivity index (χ1v) is 8.21. The maximum Gasteiger partial charge on any atom is 0.221 e. The number of methoxy groups -OCH3 is 1. The number of ether oxygens (including phenoxy) is 2. The van der Waals surface area contributed by atoms with Crippen LogP contribution in [0.2, 0.25) is 0 Å². The van der Waals surface area contributed by atoms with E-state index >= 15 is 0 Å². The van der Waals surface area contributed by atoms with Gasteiger partial charge in [-0.05, 0) is 35.7 Å². The van der Waals surface area contributed by atoms with Crippen molar-refractivity contribution in [1.82, 2.24) is 9.97 Å². The fraction of sp³-hybridized carbons (Fsp3) is 0.211. The number of nitrogens with one attached hydrogen (secondary N) is 1. The molecule has 0 unspecified atom stereocenters. The first-order chi connectivity index (χ1) is 12.7. The van der Waals surface area contributed by atoms with Gasteiger partial charge in [0.2, 0.25) is 5.88 Å². The quantitative estimate of drug-likeness (QED) is 0.715. The summed E-state index contributed by atoms with van der Waals surface area (Å²) >= 11 is 0. The van der Waals surface area contributed by atoms with E-state index in [9.17, 15) is 4.39 Å². The minimum absolute atomic E-state index is 0.348. The van der Waals surface area contributed by atoms with Gasteiger partial charge in [0.05, 0.1) is 19.3 Å². The number of aromatic nitrogens is 2. The van der Waals surface area contributed by atoms with Crippen LogP contribution in [-0.2, 0) is 11.3 Å². The highest BCUT2D eigenvalue weighted by molar-refractivity contribution is 6.10. The lowest BCUT2D eigenvalue weighted by Crippen LogP contribution is -2.13. The number of benzene rings is 1. The first-order valence-electron chi connectivity index (χ1n) is 8.21. The van der Waals surface area contributed by atoms with Gasteiger partial charge < -0.3 is 14.8 Å².